The highest BCUT2D eigenvalue weighted by atomic mass is 32.2. The lowest BCUT2D eigenvalue weighted by atomic mass is 10.1. The molecule has 0 bridgehead atoms. The lowest BCUT2D eigenvalue weighted by Gasteiger charge is -2.27. The normalized spacial score (nSPS) is 16.3. The van der Waals surface area contributed by atoms with Crippen LogP contribution in [-0.4, -0.2) is 65.4 Å². The molecular weight excluding hydrogens is 496 g/mol. The number of carbonyl (C=O) groups is 1. The fraction of sp³-hybridized carbons (Fsp3) is 0.370. The summed E-state index contributed by atoms with van der Waals surface area (Å²) in [6.07, 6.45) is 4.45. The summed E-state index contributed by atoms with van der Waals surface area (Å²) in [5, 5.41) is 0. The summed E-state index contributed by atoms with van der Waals surface area (Å²) in [6, 6.07) is 14.5. The van der Waals surface area contributed by atoms with Crippen LogP contribution in [0.25, 0.3) is 10.4 Å². The highest BCUT2D eigenvalue weighted by molar-refractivity contribution is 7.90. The largest absolute Gasteiger partial charge is 0.493 e. The molecule has 0 saturated carbocycles. The van der Waals surface area contributed by atoms with Gasteiger partial charge in [0.1, 0.15) is 6.61 Å². The van der Waals surface area contributed by atoms with Crippen molar-refractivity contribution in [1.29, 1.82) is 0 Å². The third kappa shape index (κ3) is 5.14. The van der Waals surface area contributed by atoms with Crippen molar-refractivity contribution < 1.29 is 22.7 Å². The Hall–Kier alpha value is -2.88. The van der Waals surface area contributed by atoms with Gasteiger partial charge in [0.25, 0.3) is 5.91 Å². The number of amides is 1. The van der Waals surface area contributed by atoms with Gasteiger partial charge in [-0.25, -0.2) is 8.42 Å². The Labute approximate surface area is 216 Å². The maximum Gasteiger partial charge on any atom is 0.268 e. The summed E-state index contributed by atoms with van der Waals surface area (Å²) in [4.78, 5) is 19.6. The van der Waals surface area contributed by atoms with Gasteiger partial charge in [-0.2, -0.15) is 0 Å². The van der Waals surface area contributed by atoms with E-state index in [4.69, 9.17) is 9.47 Å². The van der Waals surface area contributed by atoms with Gasteiger partial charge >= 0.3 is 0 Å². The number of benzene rings is 2. The van der Waals surface area contributed by atoms with E-state index in [9.17, 15) is 13.2 Å². The zero-order valence-corrected chi connectivity index (χ0v) is 22.2. The van der Waals surface area contributed by atoms with Crippen LogP contribution in [0.1, 0.15) is 28.1 Å². The molecule has 190 valence electrons. The molecule has 9 heteroatoms. The Bertz CT molecular complexity index is 1360. The van der Waals surface area contributed by atoms with Crippen molar-refractivity contribution in [1.82, 2.24) is 4.90 Å². The van der Waals surface area contributed by atoms with E-state index in [1.807, 2.05) is 24.3 Å². The molecule has 1 aromatic heterocycles. The SMILES string of the molecule is COc1cc(N2CCc3cc(-c4ccc(S(C)(=O)=O)cc4)sc3C2=O)ccc1OCCN1CCCC1. The van der Waals surface area contributed by atoms with Crippen molar-refractivity contribution in [2.75, 3.05) is 51.1 Å². The second-order valence-corrected chi connectivity index (χ2v) is 12.3. The summed E-state index contributed by atoms with van der Waals surface area (Å²) in [5.41, 5.74) is 2.71. The summed E-state index contributed by atoms with van der Waals surface area (Å²) in [6.45, 7) is 4.35. The van der Waals surface area contributed by atoms with E-state index in [1.54, 1.807) is 36.3 Å². The second-order valence-electron chi connectivity index (χ2n) is 9.20. The molecule has 0 spiro atoms. The molecule has 7 nitrogen and oxygen atoms in total. The molecule has 0 unspecified atom stereocenters. The van der Waals surface area contributed by atoms with E-state index in [-0.39, 0.29) is 10.8 Å². The van der Waals surface area contributed by atoms with Crippen LogP contribution in [0, 0.1) is 0 Å². The van der Waals surface area contributed by atoms with E-state index >= 15 is 0 Å². The van der Waals surface area contributed by atoms with Crippen molar-refractivity contribution >= 4 is 32.8 Å². The Morgan fingerprint density at radius 1 is 0.972 bits per heavy atom. The molecule has 36 heavy (non-hydrogen) atoms. The van der Waals surface area contributed by atoms with Crippen molar-refractivity contribution in [3.63, 3.8) is 0 Å². The van der Waals surface area contributed by atoms with Crippen molar-refractivity contribution in [3.05, 3.63) is 59.0 Å². The lowest BCUT2D eigenvalue weighted by molar-refractivity contribution is 0.0985. The molecule has 5 rings (SSSR count). The summed E-state index contributed by atoms with van der Waals surface area (Å²) in [5.74, 6) is 1.26. The molecule has 1 saturated heterocycles. The van der Waals surface area contributed by atoms with Crippen molar-refractivity contribution in [2.24, 2.45) is 0 Å². The van der Waals surface area contributed by atoms with Crippen molar-refractivity contribution in [3.8, 4) is 21.9 Å². The van der Waals surface area contributed by atoms with Gasteiger partial charge in [-0.05, 0) is 73.8 Å². The first-order chi connectivity index (χ1) is 17.3. The zero-order chi connectivity index (χ0) is 25.3. The monoisotopic (exact) mass is 526 g/mol. The molecule has 0 aliphatic carbocycles. The highest BCUT2D eigenvalue weighted by Crippen LogP contribution is 2.38. The quantitative estimate of drug-likeness (QED) is 0.430. The van der Waals surface area contributed by atoms with Gasteiger partial charge in [-0.3, -0.25) is 9.69 Å². The smallest absolute Gasteiger partial charge is 0.268 e. The van der Waals surface area contributed by atoms with Crippen LogP contribution in [0.2, 0.25) is 0 Å². The molecular formula is C27H30N2O5S2. The van der Waals surface area contributed by atoms with E-state index in [1.165, 1.54) is 30.4 Å². The molecule has 3 heterocycles. The molecule has 3 aromatic rings. The fourth-order valence-electron chi connectivity index (χ4n) is 4.74. The van der Waals surface area contributed by atoms with Gasteiger partial charge in [-0.1, -0.05) is 12.1 Å². The van der Waals surface area contributed by atoms with Gasteiger partial charge in [0.2, 0.25) is 0 Å². The number of carbonyl (C=O) groups excluding carboxylic acids is 1. The van der Waals surface area contributed by atoms with E-state index in [0.717, 1.165) is 47.7 Å². The van der Waals surface area contributed by atoms with E-state index in [0.29, 0.717) is 29.5 Å². The van der Waals surface area contributed by atoms with Crippen molar-refractivity contribution in [2.45, 2.75) is 24.2 Å². The minimum atomic E-state index is -3.25. The maximum atomic E-state index is 13.4. The lowest BCUT2D eigenvalue weighted by Crippen LogP contribution is -2.36. The van der Waals surface area contributed by atoms with E-state index in [2.05, 4.69) is 4.90 Å². The number of rotatable bonds is 8. The number of nitrogens with zero attached hydrogens (tertiary/aromatic N) is 2. The van der Waals surface area contributed by atoms with Crippen LogP contribution in [-0.2, 0) is 16.3 Å². The zero-order valence-electron chi connectivity index (χ0n) is 20.5. The second kappa shape index (κ2) is 10.2. The number of hydrogen-bond donors (Lipinski definition) is 0. The topological polar surface area (TPSA) is 76.1 Å². The number of methoxy groups -OCH3 is 1. The van der Waals surface area contributed by atoms with Gasteiger partial charge in [0.05, 0.1) is 16.9 Å². The first kappa shape index (κ1) is 24.8. The molecule has 0 radical (unpaired) electrons. The molecule has 2 aromatic carbocycles. The molecule has 1 fully saturated rings. The van der Waals surface area contributed by atoms with Gasteiger partial charge in [0, 0.05) is 36.0 Å². The molecule has 1 amide bonds. The van der Waals surface area contributed by atoms with Crippen LogP contribution in [0.3, 0.4) is 0 Å². The van der Waals surface area contributed by atoms with Gasteiger partial charge in [0.15, 0.2) is 21.3 Å². The predicted molar refractivity (Wildman–Crippen MR) is 142 cm³/mol. The fourth-order valence-corrected chi connectivity index (χ4v) is 6.54. The van der Waals surface area contributed by atoms with E-state index < -0.39 is 9.84 Å². The average molecular weight is 527 g/mol. The molecule has 2 aliphatic heterocycles. The number of thiophene rings is 1. The third-order valence-electron chi connectivity index (χ3n) is 6.74. The number of fused-ring (bicyclic) bond motifs is 1. The first-order valence-electron chi connectivity index (χ1n) is 12.1. The maximum absolute atomic E-state index is 13.4. The number of likely N-dealkylation sites (tertiary alicyclic amines) is 1. The Kier molecular flexibility index (Phi) is 7.05. The number of sulfone groups is 1. The molecule has 0 atom stereocenters. The number of ether oxygens (including phenoxy) is 2. The minimum Gasteiger partial charge on any atom is -0.493 e. The number of anilines is 1. The Balaban J connectivity index is 1.31. The third-order valence-corrected chi connectivity index (χ3v) is 9.09. The average Bonchev–Trinajstić information content (AvgIpc) is 3.55. The summed E-state index contributed by atoms with van der Waals surface area (Å²) < 4.78 is 35.1. The predicted octanol–water partition coefficient (Wildman–Crippen LogP) is 4.50. The van der Waals surface area contributed by atoms with Crippen LogP contribution >= 0.6 is 11.3 Å². The Morgan fingerprint density at radius 3 is 2.42 bits per heavy atom. The summed E-state index contributed by atoms with van der Waals surface area (Å²) >= 11 is 1.44. The number of hydrogen-bond acceptors (Lipinski definition) is 7. The molecule has 2 aliphatic rings. The standard InChI is InChI=1S/C27H30N2O5S2/c1-33-24-18-21(7-10-23(24)34-16-15-28-12-3-4-13-28)29-14-11-20-17-25(35-26(20)27(29)30)19-5-8-22(9-6-19)36(2,31)32/h5-10,17-18H,3-4,11-16H2,1-2H3. The van der Waals surface area contributed by atoms with Crippen LogP contribution in [0.15, 0.2) is 53.4 Å². The molecule has 0 N–H and O–H groups in total. The summed E-state index contributed by atoms with van der Waals surface area (Å²) in [7, 11) is -1.63. The van der Waals surface area contributed by atoms with Crippen LogP contribution in [0.5, 0.6) is 11.5 Å². The van der Waals surface area contributed by atoms with Crippen LogP contribution < -0.4 is 14.4 Å². The minimum absolute atomic E-state index is 0.0370. The highest BCUT2D eigenvalue weighted by Gasteiger charge is 2.29. The first-order valence-corrected chi connectivity index (χ1v) is 14.8. The van der Waals surface area contributed by atoms with Gasteiger partial charge < -0.3 is 14.4 Å². The van der Waals surface area contributed by atoms with Crippen LogP contribution in [0.4, 0.5) is 5.69 Å². The van der Waals surface area contributed by atoms with Gasteiger partial charge in [-0.15, -0.1) is 11.3 Å². The Morgan fingerprint density at radius 2 is 1.72 bits per heavy atom.